The molecule has 0 radical (unpaired) electrons. The van der Waals surface area contributed by atoms with Gasteiger partial charge in [0.1, 0.15) is 0 Å². The number of methoxy groups -OCH3 is 1. The zero-order chi connectivity index (χ0) is 15.0. The predicted molar refractivity (Wildman–Crippen MR) is 82.9 cm³/mol. The number of nitrogens with one attached hydrogen (secondary N) is 1. The van der Waals surface area contributed by atoms with Crippen molar-refractivity contribution >= 4 is 5.91 Å². The first-order valence-electron chi connectivity index (χ1n) is 7.40. The van der Waals surface area contributed by atoms with Crippen molar-refractivity contribution in [1.29, 1.82) is 0 Å². The lowest BCUT2D eigenvalue weighted by Gasteiger charge is -2.13. The molecule has 20 heavy (non-hydrogen) atoms. The van der Waals surface area contributed by atoms with E-state index in [0.29, 0.717) is 19.1 Å². The molecule has 0 aliphatic rings. The fourth-order valence-electron chi connectivity index (χ4n) is 2.15. The van der Waals surface area contributed by atoms with Crippen LogP contribution in [0.2, 0.25) is 0 Å². The molecule has 0 saturated heterocycles. The third kappa shape index (κ3) is 5.74. The summed E-state index contributed by atoms with van der Waals surface area (Å²) >= 11 is 0. The Morgan fingerprint density at radius 2 is 1.85 bits per heavy atom. The van der Waals surface area contributed by atoms with Crippen LogP contribution < -0.4 is 5.32 Å². The van der Waals surface area contributed by atoms with E-state index in [-0.39, 0.29) is 11.8 Å². The molecule has 0 fully saturated rings. The van der Waals surface area contributed by atoms with Crippen molar-refractivity contribution in [3.63, 3.8) is 0 Å². The van der Waals surface area contributed by atoms with Crippen molar-refractivity contribution in [2.75, 3.05) is 20.3 Å². The van der Waals surface area contributed by atoms with Crippen molar-refractivity contribution < 1.29 is 9.53 Å². The Kier molecular flexibility index (Phi) is 7.31. The lowest BCUT2D eigenvalue weighted by molar-refractivity contribution is -0.122. The van der Waals surface area contributed by atoms with Crippen LogP contribution in [0.4, 0.5) is 0 Å². The molecule has 1 N–H and O–H groups in total. The average molecular weight is 277 g/mol. The first kappa shape index (κ1) is 16.7. The summed E-state index contributed by atoms with van der Waals surface area (Å²) in [7, 11) is 1.67. The van der Waals surface area contributed by atoms with Crippen molar-refractivity contribution in [2.24, 2.45) is 5.92 Å². The van der Waals surface area contributed by atoms with E-state index in [1.54, 1.807) is 7.11 Å². The number of ether oxygens (including phenoxy) is 1. The zero-order valence-corrected chi connectivity index (χ0v) is 13.1. The predicted octanol–water partition coefficient (Wildman–Crippen LogP) is 3.14. The van der Waals surface area contributed by atoms with E-state index in [0.717, 1.165) is 18.4 Å². The molecule has 1 aromatic rings. The number of benzene rings is 1. The summed E-state index contributed by atoms with van der Waals surface area (Å²) in [4.78, 5) is 12.0. The second-order valence-electron chi connectivity index (χ2n) is 5.70. The Labute approximate surface area is 122 Å². The quantitative estimate of drug-likeness (QED) is 0.741. The molecular formula is C17H27NO2. The average Bonchev–Trinajstić information content (AvgIpc) is 2.43. The monoisotopic (exact) mass is 277 g/mol. The molecule has 0 bridgehead atoms. The number of carbonyl (C=O) groups is 1. The van der Waals surface area contributed by atoms with Gasteiger partial charge in [-0.05, 0) is 36.8 Å². The molecule has 0 aromatic heterocycles. The normalized spacial score (nSPS) is 12.4. The molecule has 0 aliphatic carbocycles. The molecule has 1 amide bonds. The fourth-order valence-corrected chi connectivity index (χ4v) is 2.15. The van der Waals surface area contributed by atoms with Gasteiger partial charge in [0.15, 0.2) is 0 Å². The van der Waals surface area contributed by atoms with E-state index in [2.05, 4.69) is 43.4 Å². The van der Waals surface area contributed by atoms with Crippen LogP contribution in [0.3, 0.4) is 0 Å². The molecule has 0 aliphatic heterocycles. The number of hydrogen-bond acceptors (Lipinski definition) is 2. The van der Waals surface area contributed by atoms with Gasteiger partial charge < -0.3 is 10.1 Å². The maximum Gasteiger partial charge on any atom is 0.227 e. The van der Waals surface area contributed by atoms with Gasteiger partial charge in [-0.25, -0.2) is 0 Å². The summed E-state index contributed by atoms with van der Waals surface area (Å²) in [6, 6.07) is 8.39. The topological polar surface area (TPSA) is 38.3 Å². The highest BCUT2D eigenvalue weighted by Crippen LogP contribution is 2.17. The van der Waals surface area contributed by atoms with Gasteiger partial charge in [0, 0.05) is 20.3 Å². The van der Waals surface area contributed by atoms with Crippen LogP contribution in [0.15, 0.2) is 24.3 Å². The van der Waals surface area contributed by atoms with Gasteiger partial charge in [-0.1, -0.05) is 38.1 Å². The molecule has 1 unspecified atom stereocenters. The van der Waals surface area contributed by atoms with Crippen LogP contribution in [0, 0.1) is 5.92 Å². The van der Waals surface area contributed by atoms with Crippen molar-refractivity contribution in [3.05, 3.63) is 35.4 Å². The van der Waals surface area contributed by atoms with Gasteiger partial charge in [-0.2, -0.15) is 0 Å². The number of rotatable bonds is 8. The van der Waals surface area contributed by atoms with E-state index in [9.17, 15) is 4.79 Å². The minimum absolute atomic E-state index is 0.0812. The van der Waals surface area contributed by atoms with Gasteiger partial charge in [0.25, 0.3) is 0 Å². The van der Waals surface area contributed by atoms with E-state index in [4.69, 9.17) is 4.74 Å². The van der Waals surface area contributed by atoms with Gasteiger partial charge in [0.05, 0.1) is 5.92 Å². The van der Waals surface area contributed by atoms with Crippen LogP contribution in [-0.4, -0.2) is 26.2 Å². The maximum absolute atomic E-state index is 12.0. The molecule has 0 saturated carbocycles. The highest BCUT2D eigenvalue weighted by Gasteiger charge is 2.14. The van der Waals surface area contributed by atoms with Crippen LogP contribution in [0.1, 0.15) is 44.2 Å². The summed E-state index contributed by atoms with van der Waals surface area (Å²) in [5.41, 5.74) is 2.40. The lowest BCUT2D eigenvalue weighted by atomic mass is 9.96. The molecule has 1 rings (SSSR count). The second-order valence-corrected chi connectivity index (χ2v) is 5.70. The van der Waals surface area contributed by atoms with E-state index in [1.807, 2.05) is 6.92 Å². The summed E-state index contributed by atoms with van der Waals surface area (Å²) in [6.45, 7) is 7.72. The molecule has 0 spiro atoms. The minimum Gasteiger partial charge on any atom is -0.385 e. The van der Waals surface area contributed by atoms with Crippen LogP contribution in [0.25, 0.3) is 0 Å². The van der Waals surface area contributed by atoms with Gasteiger partial charge in [0.2, 0.25) is 5.91 Å². The first-order valence-corrected chi connectivity index (χ1v) is 7.40. The standard InChI is InChI=1S/C17H27NO2/c1-13(2)12-15-6-8-16(9-7-15)14(3)17(19)18-10-5-11-20-4/h6-9,13-14H,5,10-12H2,1-4H3,(H,18,19). The lowest BCUT2D eigenvalue weighted by Crippen LogP contribution is -2.29. The van der Waals surface area contributed by atoms with E-state index >= 15 is 0 Å². The molecular weight excluding hydrogens is 250 g/mol. The van der Waals surface area contributed by atoms with Crippen molar-refractivity contribution in [3.8, 4) is 0 Å². The van der Waals surface area contributed by atoms with Gasteiger partial charge in [-0.15, -0.1) is 0 Å². The summed E-state index contributed by atoms with van der Waals surface area (Å²) in [6.07, 6.45) is 1.93. The van der Waals surface area contributed by atoms with E-state index in [1.165, 1.54) is 5.56 Å². The smallest absolute Gasteiger partial charge is 0.227 e. The molecule has 0 heterocycles. The largest absolute Gasteiger partial charge is 0.385 e. The Morgan fingerprint density at radius 1 is 1.20 bits per heavy atom. The van der Waals surface area contributed by atoms with Gasteiger partial charge in [-0.3, -0.25) is 4.79 Å². The van der Waals surface area contributed by atoms with E-state index < -0.39 is 0 Å². The molecule has 1 atom stereocenters. The molecule has 112 valence electrons. The Morgan fingerprint density at radius 3 is 2.40 bits per heavy atom. The highest BCUT2D eigenvalue weighted by molar-refractivity contribution is 5.83. The summed E-state index contributed by atoms with van der Waals surface area (Å²) < 4.78 is 4.96. The van der Waals surface area contributed by atoms with Crippen molar-refractivity contribution in [2.45, 2.75) is 39.5 Å². The zero-order valence-electron chi connectivity index (χ0n) is 13.1. The fraction of sp³-hybridized carbons (Fsp3) is 0.588. The molecule has 1 aromatic carbocycles. The highest BCUT2D eigenvalue weighted by atomic mass is 16.5. The Bertz CT molecular complexity index is 398. The molecule has 3 heteroatoms. The van der Waals surface area contributed by atoms with Crippen LogP contribution >= 0.6 is 0 Å². The Balaban J connectivity index is 2.49. The number of amides is 1. The summed E-state index contributed by atoms with van der Waals surface area (Å²) in [5, 5.41) is 2.94. The summed E-state index contributed by atoms with van der Waals surface area (Å²) in [5.74, 6) is 0.630. The van der Waals surface area contributed by atoms with Crippen LogP contribution in [0.5, 0.6) is 0 Å². The minimum atomic E-state index is -0.106. The number of hydrogen-bond donors (Lipinski definition) is 1. The first-order chi connectivity index (χ1) is 9.54. The Hall–Kier alpha value is -1.35. The third-order valence-corrected chi connectivity index (χ3v) is 3.34. The molecule has 3 nitrogen and oxygen atoms in total. The van der Waals surface area contributed by atoms with Gasteiger partial charge >= 0.3 is 0 Å². The second kappa shape index (κ2) is 8.75. The van der Waals surface area contributed by atoms with Crippen molar-refractivity contribution in [1.82, 2.24) is 5.32 Å². The van der Waals surface area contributed by atoms with Crippen LogP contribution in [-0.2, 0) is 16.0 Å². The SMILES string of the molecule is COCCCNC(=O)C(C)c1ccc(CC(C)C)cc1. The maximum atomic E-state index is 12.0. The number of carbonyl (C=O) groups excluding carboxylic acids is 1. The third-order valence-electron chi connectivity index (χ3n) is 3.34.